The highest BCUT2D eigenvalue weighted by atomic mass is 32.1. The maximum Gasteiger partial charge on any atom is 0.261 e. The molecule has 0 spiro atoms. The molecule has 2 rings (SSSR count). The van der Waals surface area contributed by atoms with Crippen LogP contribution in [0.2, 0.25) is 0 Å². The van der Waals surface area contributed by atoms with Crippen LogP contribution in [0.1, 0.15) is 40.4 Å². The molecular weight excluding hydrogens is 262 g/mol. The highest BCUT2D eigenvalue weighted by Gasteiger charge is 2.27. The average Bonchev–Trinajstić information content (AvgIpc) is 2.81. The van der Waals surface area contributed by atoms with Crippen molar-refractivity contribution in [1.82, 2.24) is 5.32 Å². The van der Waals surface area contributed by atoms with Crippen LogP contribution in [-0.2, 0) is 12.8 Å². The van der Waals surface area contributed by atoms with E-state index >= 15 is 0 Å². The molecule has 106 valence electrons. The summed E-state index contributed by atoms with van der Waals surface area (Å²) in [7, 11) is 0. The minimum absolute atomic E-state index is 0.211. The first kappa shape index (κ1) is 14.5. The maximum absolute atomic E-state index is 12.2. The van der Waals surface area contributed by atoms with Crippen LogP contribution >= 0.6 is 11.3 Å². The first-order valence-corrected chi connectivity index (χ1v) is 7.45. The molecule has 0 radical (unpaired) electrons. The number of rotatable bonds is 4. The number of nitrogens with one attached hydrogen (secondary N) is 1. The van der Waals surface area contributed by atoms with Gasteiger partial charge in [0.1, 0.15) is 0 Å². The van der Waals surface area contributed by atoms with Gasteiger partial charge in [-0.25, -0.2) is 0 Å². The number of carbonyl (C=O) groups excluding carboxylic acids is 1. The number of aryl methyl sites for hydroxylation is 1. The predicted molar refractivity (Wildman–Crippen MR) is 75.6 cm³/mol. The molecule has 0 saturated carbocycles. The van der Waals surface area contributed by atoms with Crippen LogP contribution in [0, 0.1) is 5.92 Å². The Morgan fingerprint density at radius 2 is 2.21 bits per heavy atom. The molecule has 1 aliphatic rings. The molecule has 0 bridgehead atoms. The van der Waals surface area contributed by atoms with Crippen LogP contribution in [0.25, 0.3) is 0 Å². The molecule has 0 aliphatic heterocycles. The Morgan fingerprint density at radius 3 is 2.84 bits per heavy atom. The predicted octanol–water partition coefficient (Wildman–Crippen LogP) is 1.35. The number of hydrogen-bond acceptors (Lipinski definition) is 4. The first-order valence-electron chi connectivity index (χ1n) is 6.63. The molecule has 19 heavy (non-hydrogen) atoms. The van der Waals surface area contributed by atoms with E-state index in [1.165, 1.54) is 28.2 Å². The number of aliphatic hydroxyl groups is 2. The zero-order valence-corrected chi connectivity index (χ0v) is 12.2. The quantitative estimate of drug-likeness (QED) is 0.781. The Bertz CT molecular complexity index is 465. The Kier molecular flexibility index (Phi) is 4.28. The minimum atomic E-state index is -0.963. The summed E-state index contributed by atoms with van der Waals surface area (Å²) in [6, 6.07) is 1.96. The summed E-state index contributed by atoms with van der Waals surface area (Å²) in [6.07, 6.45) is 3.27. The smallest absolute Gasteiger partial charge is 0.261 e. The van der Waals surface area contributed by atoms with E-state index in [9.17, 15) is 15.0 Å². The molecule has 0 aromatic carbocycles. The normalized spacial score (nSPS) is 19.1. The monoisotopic (exact) mass is 283 g/mol. The van der Waals surface area contributed by atoms with Gasteiger partial charge < -0.3 is 15.5 Å². The maximum atomic E-state index is 12.2. The summed E-state index contributed by atoms with van der Waals surface area (Å²) in [5, 5.41) is 21.1. The number of carbonyl (C=O) groups is 1. The van der Waals surface area contributed by atoms with Crippen LogP contribution in [0.5, 0.6) is 0 Å². The first-order chi connectivity index (χ1) is 8.97. The van der Waals surface area contributed by atoms with Crippen molar-refractivity contribution in [2.24, 2.45) is 5.92 Å². The summed E-state index contributed by atoms with van der Waals surface area (Å²) in [4.78, 5) is 14.1. The lowest BCUT2D eigenvalue weighted by atomic mass is 9.90. The van der Waals surface area contributed by atoms with Crippen molar-refractivity contribution in [3.05, 3.63) is 21.4 Å². The van der Waals surface area contributed by atoms with Crippen LogP contribution in [0.15, 0.2) is 6.07 Å². The molecule has 4 nitrogen and oxygen atoms in total. The summed E-state index contributed by atoms with van der Waals surface area (Å²) in [5.41, 5.74) is 0.318. The fraction of sp³-hybridized carbons (Fsp3) is 0.643. The van der Waals surface area contributed by atoms with Gasteiger partial charge in [0.05, 0.1) is 23.6 Å². The molecule has 5 heteroatoms. The van der Waals surface area contributed by atoms with E-state index in [0.29, 0.717) is 10.8 Å². The molecule has 1 heterocycles. The summed E-state index contributed by atoms with van der Waals surface area (Å²) < 4.78 is 0. The minimum Gasteiger partial charge on any atom is -0.394 e. The number of hydrogen-bond donors (Lipinski definition) is 3. The molecule has 1 aromatic rings. The van der Waals surface area contributed by atoms with E-state index in [0.717, 1.165) is 12.8 Å². The number of fused-ring (bicyclic) bond motifs is 1. The van der Waals surface area contributed by atoms with E-state index < -0.39 is 5.54 Å². The van der Waals surface area contributed by atoms with Gasteiger partial charge in [0.25, 0.3) is 5.91 Å². The lowest BCUT2D eigenvalue weighted by Gasteiger charge is -2.25. The van der Waals surface area contributed by atoms with Gasteiger partial charge in [-0.1, -0.05) is 6.92 Å². The number of thiophene rings is 1. The molecule has 1 aliphatic carbocycles. The third-order valence-electron chi connectivity index (χ3n) is 3.67. The second kappa shape index (κ2) is 5.61. The van der Waals surface area contributed by atoms with E-state index in [4.69, 9.17) is 0 Å². The van der Waals surface area contributed by atoms with Crippen molar-refractivity contribution in [1.29, 1.82) is 0 Å². The Morgan fingerprint density at radius 1 is 1.53 bits per heavy atom. The fourth-order valence-electron chi connectivity index (χ4n) is 2.28. The second-order valence-electron chi connectivity index (χ2n) is 5.74. The Balaban J connectivity index is 2.12. The molecular formula is C14H21NO3S. The van der Waals surface area contributed by atoms with Gasteiger partial charge >= 0.3 is 0 Å². The Hall–Kier alpha value is -0.910. The Labute approximate surface area is 117 Å². The van der Waals surface area contributed by atoms with Gasteiger partial charge in [-0.3, -0.25) is 4.79 Å². The third kappa shape index (κ3) is 3.16. The van der Waals surface area contributed by atoms with E-state index in [-0.39, 0.29) is 19.1 Å². The number of aliphatic hydroxyl groups excluding tert-OH is 2. The molecule has 1 aromatic heterocycles. The fourth-order valence-corrected chi connectivity index (χ4v) is 3.39. The van der Waals surface area contributed by atoms with Crippen LogP contribution in [-0.4, -0.2) is 34.9 Å². The SMILES string of the molecule is CC1CCc2sc(C(=O)NC(C)(CO)CO)cc2C1. The van der Waals surface area contributed by atoms with Gasteiger partial charge in [0.15, 0.2) is 0 Å². The third-order valence-corrected chi connectivity index (χ3v) is 4.90. The van der Waals surface area contributed by atoms with Gasteiger partial charge in [0, 0.05) is 4.88 Å². The van der Waals surface area contributed by atoms with Gasteiger partial charge in [0.2, 0.25) is 0 Å². The second-order valence-corrected chi connectivity index (χ2v) is 6.87. The highest BCUT2D eigenvalue weighted by Crippen LogP contribution is 2.32. The zero-order chi connectivity index (χ0) is 14.0. The lowest BCUT2D eigenvalue weighted by Crippen LogP contribution is -2.51. The van der Waals surface area contributed by atoms with Gasteiger partial charge in [-0.15, -0.1) is 11.3 Å². The van der Waals surface area contributed by atoms with E-state index in [2.05, 4.69) is 12.2 Å². The highest BCUT2D eigenvalue weighted by molar-refractivity contribution is 7.14. The van der Waals surface area contributed by atoms with Crippen LogP contribution in [0.3, 0.4) is 0 Å². The molecule has 1 unspecified atom stereocenters. The lowest BCUT2D eigenvalue weighted by molar-refractivity contribution is 0.0727. The van der Waals surface area contributed by atoms with Crippen molar-refractivity contribution >= 4 is 17.2 Å². The van der Waals surface area contributed by atoms with E-state index in [1.54, 1.807) is 6.92 Å². The number of amides is 1. The summed E-state index contributed by atoms with van der Waals surface area (Å²) in [6.45, 7) is 3.30. The standard InChI is InChI=1S/C14H21NO3S/c1-9-3-4-11-10(5-9)6-12(19-11)13(18)15-14(2,7-16)8-17/h6,9,16-17H,3-5,7-8H2,1-2H3,(H,15,18). The van der Waals surface area contributed by atoms with Crippen LogP contribution in [0.4, 0.5) is 0 Å². The molecule has 0 fully saturated rings. The topological polar surface area (TPSA) is 69.6 Å². The average molecular weight is 283 g/mol. The van der Waals surface area contributed by atoms with Crippen molar-refractivity contribution in [3.63, 3.8) is 0 Å². The molecule has 3 N–H and O–H groups in total. The summed E-state index contributed by atoms with van der Waals surface area (Å²) >= 11 is 1.53. The van der Waals surface area contributed by atoms with E-state index in [1.807, 2.05) is 6.07 Å². The van der Waals surface area contributed by atoms with Crippen molar-refractivity contribution in [2.75, 3.05) is 13.2 Å². The largest absolute Gasteiger partial charge is 0.394 e. The van der Waals surface area contributed by atoms with Crippen molar-refractivity contribution < 1.29 is 15.0 Å². The molecule has 1 amide bonds. The van der Waals surface area contributed by atoms with Gasteiger partial charge in [-0.05, 0) is 43.7 Å². The molecule has 0 saturated heterocycles. The van der Waals surface area contributed by atoms with Crippen molar-refractivity contribution in [2.45, 2.75) is 38.6 Å². The summed E-state index contributed by atoms with van der Waals surface area (Å²) in [5.74, 6) is 0.468. The van der Waals surface area contributed by atoms with Crippen LogP contribution < -0.4 is 5.32 Å². The zero-order valence-electron chi connectivity index (χ0n) is 11.4. The molecule has 1 atom stereocenters. The van der Waals surface area contributed by atoms with Gasteiger partial charge in [-0.2, -0.15) is 0 Å². The van der Waals surface area contributed by atoms with Crippen molar-refractivity contribution in [3.8, 4) is 0 Å².